The highest BCUT2D eigenvalue weighted by Gasteiger charge is 2.20. The molecule has 1 aromatic heterocycles. The van der Waals surface area contributed by atoms with Crippen LogP contribution in [0.3, 0.4) is 0 Å². The van der Waals surface area contributed by atoms with E-state index in [9.17, 15) is 4.79 Å². The molecule has 3 rings (SSSR count). The van der Waals surface area contributed by atoms with Gasteiger partial charge in [-0.1, -0.05) is 60.7 Å². The molecule has 0 aliphatic heterocycles. The van der Waals surface area contributed by atoms with Gasteiger partial charge in [0.1, 0.15) is 10.8 Å². The predicted molar refractivity (Wildman–Crippen MR) is 99.9 cm³/mol. The molecule has 0 spiro atoms. The maximum absolute atomic E-state index is 12.5. The molecule has 0 aliphatic rings. The average Bonchev–Trinajstić information content (AvgIpc) is 3.09. The Kier molecular flexibility index (Phi) is 5.40. The highest BCUT2D eigenvalue weighted by molar-refractivity contribution is 7.18. The first-order valence-electron chi connectivity index (χ1n) is 8.09. The van der Waals surface area contributed by atoms with Crippen molar-refractivity contribution in [3.8, 4) is 16.3 Å². The summed E-state index contributed by atoms with van der Waals surface area (Å²) in [4.78, 5) is 12.5. The highest BCUT2D eigenvalue weighted by Crippen LogP contribution is 2.26. The number of ether oxygens (including phenoxy) is 1. The number of rotatable bonds is 6. The van der Waals surface area contributed by atoms with Crippen molar-refractivity contribution in [3.63, 3.8) is 0 Å². The zero-order valence-electron chi connectivity index (χ0n) is 14.1. The maximum atomic E-state index is 12.5. The van der Waals surface area contributed by atoms with E-state index in [2.05, 4.69) is 15.5 Å². The van der Waals surface area contributed by atoms with Crippen LogP contribution in [-0.2, 0) is 4.79 Å². The SMILES string of the molecule is CC[C@H](Oc1cccc(C)c1)C(=O)Nc1nnc(-c2ccccc2)s1. The Morgan fingerprint density at radius 2 is 1.96 bits per heavy atom. The number of hydrogen-bond donors (Lipinski definition) is 1. The molecule has 0 saturated carbocycles. The number of aromatic nitrogens is 2. The second-order valence-corrected chi connectivity index (χ2v) is 6.58. The first kappa shape index (κ1) is 17.1. The summed E-state index contributed by atoms with van der Waals surface area (Å²) < 4.78 is 5.81. The second-order valence-electron chi connectivity index (χ2n) is 5.60. The number of hydrogen-bond acceptors (Lipinski definition) is 5. The van der Waals surface area contributed by atoms with E-state index >= 15 is 0 Å². The molecule has 25 heavy (non-hydrogen) atoms. The third-order valence-corrected chi connectivity index (χ3v) is 4.49. The van der Waals surface area contributed by atoms with Crippen molar-refractivity contribution in [2.45, 2.75) is 26.4 Å². The van der Waals surface area contributed by atoms with Crippen LogP contribution in [0.4, 0.5) is 5.13 Å². The van der Waals surface area contributed by atoms with Gasteiger partial charge in [0.25, 0.3) is 5.91 Å². The van der Waals surface area contributed by atoms with Gasteiger partial charge in [-0.05, 0) is 31.0 Å². The van der Waals surface area contributed by atoms with Gasteiger partial charge >= 0.3 is 0 Å². The molecule has 0 saturated heterocycles. The van der Waals surface area contributed by atoms with E-state index in [0.717, 1.165) is 16.1 Å². The Morgan fingerprint density at radius 1 is 1.16 bits per heavy atom. The molecule has 0 unspecified atom stereocenters. The van der Waals surface area contributed by atoms with Crippen LogP contribution < -0.4 is 10.1 Å². The minimum Gasteiger partial charge on any atom is -0.481 e. The Bertz CT molecular complexity index is 849. The van der Waals surface area contributed by atoms with Crippen molar-refractivity contribution >= 4 is 22.4 Å². The Hall–Kier alpha value is -2.73. The molecule has 1 N–H and O–H groups in total. The van der Waals surface area contributed by atoms with E-state index in [1.54, 1.807) is 0 Å². The van der Waals surface area contributed by atoms with E-state index in [1.165, 1.54) is 11.3 Å². The zero-order chi connectivity index (χ0) is 17.6. The molecule has 5 nitrogen and oxygen atoms in total. The van der Waals surface area contributed by atoms with Crippen molar-refractivity contribution in [2.75, 3.05) is 5.32 Å². The molecule has 128 valence electrons. The first-order valence-corrected chi connectivity index (χ1v) is 8.90. The van der Waals surface area contributed by atoms with Gasteiger partial charge < -0.3 is 4.74 Å². The third-order valence-electron chi connectivity index (χ3n) is 3.61. The van der Waals surface area contributed by atoms with Crippen LogP contribution >= 0.6 is 11.3 Å². The van der Waals surface area contributed by atoms with Crippen LogP contribution in [0.1, 0.15) is 18.9 Å². The first-order chi connectivity index (χ1) is 12.2. The number of carbonyl (C=O) groups is 1. The summed E-state index contributed by atoms with van der Waals surface area (Å²) in [5.41, 5.74) is 2.06. The van der Waals surface area contributed by atoms with E-state index in [-0.39, 0.29) is 5.91 Å². The fourth-order valence-electron chi connectivity index (χ4n) is 2.33. The van der Waals surface area contributed by atoms with E-state index in [4.69, 9.17) is 4.74 Å². The molecule has 1 heterocycles. The smallest absolute Gasteiger partial charge is 0.267 e. The minimum atomic E-state index is -0.578. The summed E-state index contributed by atoms with van der Waals surface area (Å²) in [6.07, 6.45) is -0.0182. The van der Waals surface area contributed by atoms with Crippen molar-refractivity contribution in [2.24, 2.45) is 0 Å². The number of aryl methyl sites for hydroxylation is 1. The van der Waals surface area contributed by atoms with Crippen LogP contribution in [0.5, 0.6) is 5.75 Å². The predicted octanol–water partition coefficient (Wildman–Crippen LogP) is 4.31. The van der Waals surface area contributed by atoms with Crippen LogP contribution in [0.2, 0.25) is 0 Å². The largest absolute Gasteiger partial charge is 0.481 e. The molecule has 0 radical (unpaired) electrons. The average molecular weight is 353 g/mol. The number of amides is 1. The van der Waals surface area contributed by atoms with Crippen molar-refractivity contribution in [1.82, 2.24) is 10.2 Å². The van der Waals surface area contributed by atoms with Gasteiger partial charge in [-0.2, -0.15) is 0 Å². The second kappa shape index (κ2) is 7.90. The van der Waals surface area contributed by atoms with Gasteiger partial charge in [-0.15, -0.1) is 10.2 Å². The molecule has 1 amide bonds. The van der Waals surface area contributed by atoms with Gasteiger partial charge in [0.05, 0.1) is 0 Å². The minimum absolute atomic E-state index is 0.222. The molecule has 0 fully saturated rings. The maximum Gasteiger partial charge on any atom is 0.267 e. The third kappa shape index (κ3) is 4.42. The van der Waals surface area contributed by atoms with Gasteiger partial charge in [0.2, 0.25) is 5.13 Å². The molecule has 3 aromatic rings. The van der Waals surface area contributed by atoms with Crippen LogP contribution in [0, 0.1) is 6.92 Å². The van der Waals surface area contributed by atoms with Gasteiger partial charge in [-0.3, -0.25) is 10.1 Å². The molecular weight excluding hydrogens is 334 g/mol. The molecule has 1 atom stereocenters. The Morgan fingerprint density at radius 3 is 2.68 bits per heavy atom. The number of benzene rings is 2. The lowest BCUT2D eigenvalue weighted by Gasteiger charge is -2.16. The fraction of sp³-hybridized carbons (Fsp3) is 0.211. The van der Waals surface area contributed by atoms with E-state index < -0.39 is 6.10 Å². The lowest BCUT2D eigenvalue weighted by atomic mass is 10.2. The van der Waals surface area contributed by atoms with Gasteiger partial charge in [-0.25, -0.2) is 0 Å². The normalized spacial score (nSPS) is 11.8. The summed E-state index contributed by atoms with van der Waals surface area (Å²) in [5.74, 6) is 0.462. The van der Waals surface area contributed by atoms with Gasteiger partial charge in [0.15, 0.2) is 6.10 Å². The van der Waals surface area contributed by atoms with Crippen molar-refractivity contribution in [1.29, 1.82) is 0 Å². The van der Waals surface area contributed by atoms with E-state index in [1.807, 2.05) is 68.4 Å². The van der Waals surface area contributed by atoms with Crippen LogP contribution in [0.25, 0.3) is 10.6 Å². The zero-order valence-corrected chi connectivity index (χ0v) is 14.9. The lowest BCUT2D eigenvalue weighted by molar-refractivity contribution is -0.122. The molecule has 0 aliphatic carbocycles. The summed E-state index contributed by atoms with van der Waals surface area (Å²) in [6.45, 7) is 3.90. The monoisotopic (exact) mass is 353 g/mol. The topological polar surface area (TPSA) is 64.1 Å². The van der Waals surface area contributed by atoms with Crippen molar-refractivity contribution in [3.05, 3.63) is 60.2 Å². The quantitative estimate of drug-likeness (QED) is 0.717. The molecule has 6 heteroatoms. The Balaban J connectivity index is 1.67. The van der Waals surface area contributed by atoms with Crippen molar-refractivity contribution < 1.29 is 9.53 Å². The molecule has 2 aromatic carbocycles. The summed E-state index contributed by atoms with van der Waals surface area (Å²) in [7, 11) is 0. The number of carbonyl (C=O) groups excluding carboxylic acids is 1. The summed E-state index contributed by atoms with van der Waals surface area (Å²) in [5, 5.41) is 12.2. The number of nitrogens with one attached hydrogen (secondary N) is 1. The summed E-state index contributed by atoms with van der Waals surface area (Å²) >= 11 is 1.34. The van der Waals surface area contributed by atoms with Gasteiger partial charge in [0, 0.05) is 5.56 Å². The van der Waals surface area contributed by atoms with Crippen LogP contribution in [0.15, 0.2) is 54.6 Å². The lowest BCUT2D eigenvalue weighted by Crippen LogP contribution is -2.32. The standard InChI is InChI=1S/C19H19N3O2S/c1-3-16(24-15-11-7-8-13(2)12-15)17(23)20-19-22-21-18(25-19)14-9-5-4-6-10-14/h4-12,16H,3H2,1-2H3,(H,20,22,23)/t16-/m0/s1. The van der Waals surface area contributed by atoms with Crippen LogP contribution in [-0.4, -0.2) is 22.2 Å². The fourth-order valence-corrected chi connectivity index (χ4v) is 3.08. The Labute approximate surface area is 150 Å². The molecular formula is C19H19N3O2S. The number of anilines is 1. The number of nitrogens with zero attached hydrogens (tertiary/aromatic N) is 2. The summed E-state index contributed by atoms with van der Waals surface area (Å²) in [6, 6.07) is 17.4. The molecule has 0 bridgehead atoms. The highest BCUT2D eigenvalue weighted by atomic mass is 32.1. The van der Waals surface area contributed by atoms with E-state index in [0.29, 0.717) is 17.3 Å².